The highest BCUT2D eigenvalue weighted by atomic mass is 16.3. The maximum absolute atomic E-state index is 11.7. The molecule has 0 fully saturated rings. The third-order valence-electron chi connectivity index (χ3n) is 3.51. The van der Waals surface area contributed by atoms with Gasteiger partial charge in [0.05, 0.1) is 6.54 Å². The first-order valence-electron chi connectivity index (χ1n) is 6.50. The highest BCUT2D eigenvalue weighted by Crippen LogP contribution is 2.13. The van der Waals surface area contributed by atoms with Crippen LogP contribution in [0.2, 0.25) is 0 Å². The second-order valence-corrected chi connectivity index (χ2v) is 5.34. The molecular weight excluding hydrogens is 216 g/mol. The van der Waals surface area contributed by atoms with Crippen LogP contribution in [0.5, 0.6) is 0 Å². The zero-order valence-electron chi connectivity index (χ0n) is 11.8. The molecule has 0 aliphatic carbocycles. The van der Waals surface area contributed by atoms with Gasteiger partial charge in [0, 0.05) is 18.2 Å². The van der Waals surface area contributed by atoms with E-state index in [1.807, 2.05) is 13.8 Å². The number of aliphatic hydroxyl groups excluding tert-OH is 1. The minimum atomic E-state index is -0.160. The third kappa shape index (κ3) is 6.64. The Morgan fingerprint density at radius 3 is 2.35 bits per heavy atom. The third-order valence-corrected chi connectivity index (χ3v) is 3.51. The van der Waals surface area contributed by atoms with Crippen molar-refractivity contribution in [2.75, 3.05) is 13.2 Å². The van der Waals surface area contributed by atoms with Crippen molar-refractivity contribution >= 4 is 5.91 Å². The van der Waals surface area contributed by atoms with E-state index in [9.17, 15) is 4.79 Å². The van der Waals surface area contributed by atoms with Gasteiger partial charge in [-0.1, -0.05) is 20.8 Å². The molecule has 102 valence electrons. The molecule has 4 nitrogen and oxygen atoms in total. The lowest BCUT2D eigenvalue weighted by Crippen LogP contribution is -2.49. The molecule has 2 unspecified atom stereocenters. The summed E-state index contributed by atoms with van der Waals surface area (Å²) in [5, 5.41) is 15.1. The molecule has 17 heavy (non-hydrogen) atoms. The van der Waals surface area contributed by atoms with E-state index in [4.69, 9.17) is 5.11 Å². The van der Waals surface area contributed by atoms with Crippen LogP contribution in [0.25, 0.3) is 0 Å². The molecule has 0 spiro atoms. The molecular formula is C13H28N2O2. The molecule has 1 amide bonds. The lowest BCUT2D eigenvalue weighted by atomic mass is 9.95. The molecule has 0 aromatic rings. The largest absolute Gasteiger partial charge is 0.396 e. The second-order valence-electron chi connectivity index (χ2n) is 5.34. The first kappa shape index (κ1) is 16.4. The van der Waals surface area contributed by atoms with Crippen LogP contribution in [-0.4, -0.2) is 35.7 Å². The van der Waals surface area contributed by atoms with Crippen LogP contribution in [0.1, 0.15) is 47.5 Å². The zero-order chi connectivity index (χ0) is 13.5. The highest BCUT2D eigenvalue weighted by molar-refractivity contribution is 5.78. The molecule has 0 aliphatic heterocycles. The number of hydrogen-bond donors (Lipinski definition) is 3. The van der Waals surface area contributed by atoms with Gasteiger partial charge in [0.2, 0.25) is 5.91 Å². The lowest BCUT2D eigenvalue weighted by Gasteiger charge is -2.29. The predicted octanol–water partition coefficient (Wildman–Crippen LogP) is 1.29. The standard InChI is InChI=1S/C13H28N2O2/c1-6-13(5,7-8-16)14-9-12(17)15-11(4)10(2)3/h10-11,14,16H,6-9H2,1-5H3,(H,15,17). The minimum Gasteiger partial charge on any atom is -0.396 e. The smallest absolute Gasteiger partial charge is 0.234 e. The van der Waals surface area contributed by atoms with Crippen LogP contribution in [0.4, 0.5) is 0 Å². The van der Waals surface area contributed by atoms with Gasteiger partial charge in [-0.3, -0.25) is 4.79 Å². The van der Waals surface area contributed by atoms with Crippen molar-refractivity contribution < 1.29 is 9.90 Å². The van der Waals surface area contributed by atoms with Crippen LogP contribution < -0.4 is 10.6 Å². The molecule has 4 heteroatoms. The Bertz CT molecular complexity index is 231. The second kappa shape index (κ2) is 7.67. The number of hydrogen-bond acceptors (Lipinski definition) is 3. The summed E-state index contributed by atoms with van der Waals surface area (Å²) < 4.78 is 0. The summed E-state index contributed by atoms with van der Waals surface area (Å²) in [7, 11) is 0. The van der Waals surface area contributed by atoms with Gasteiger partial charge >= 0.3 is 0 Å². The van der Waals surface area contributed by atoms with Gasteiger partial charge in [0.25, 0.3) is 0 Å². The van der Waals surface area contributed by atoms with Crippen LogP contribution in [0, 0.1) is 5.92 Å². The van der Waals surface area contributed by atoms with Crippen LogP contribution >= 0.6 is 0 Å². The number of nitrogens with one attached hydrogen (secondary N) is 2. The number of carbonyl (C=O) groups is 1. The monoisotopic (exact) mass is 244 g/mol. The van der Waals surface area contributed by atoms with E-state index in [1.165, 1.54) is 0 Å². The van der Waals surface area contributed by atoms with Gasteiger partial charge in [-0.2, -0.15) is 0 Å². The molecule has 0 aromatic heterocycles. The Morgan fingerprint density at radius 2 is 1.94 bits per heavy atom. The van der Waals surface area contributed by atoms with E-state index < -0.39 is 0 Å². The van der Waals surface area contributed by atoms with E-state index in [-0.39, 0.29) is 24.1 Å². The molecule has 2 atom stereocenters. The summed E-state index contributed by atoms with van der Waals surface area (Å²) in [5.74, 6) is 0.456. The van der Waals surface area contributed by atoms with Gasteiger partial charge in [0.15, 0.2) is 0 Å². The van der Waals surface area contributed by atoms with Crippen molar-refractivity contribution in [3.05, 3.63) is 0 Å². The minimum absolute atomic E-state index is 0.0174. The molecule has 0 rings (SSSR count). The van der Waals surface area contributed by atoms with E-state index in [0.29, 0.717) is 18.9 Å². The van der Waals surface area contributed by atoms with Crippen molar-refractivity contribution in [1.29, 1.82) is 0 Å². The van der Waals surface area contributed by atoms with Crippen LogP contribution in [0.3, 0.4) is 0 Å². The van der Waals surface area contributed by atoms with Crippen molar-refractivity contribution in [3.63, 3.8) is 0 Å². The Morgan fingerprint density at radius 1 is 1.35 bits per heavy atom. The predicted molar refractivity (Wildman–Crippen MR) is 70.8 cm³/mol. The summed E-state index contributed by atoms with van der Waals surface area (Å²) in [5.41, 5.74) is -0.160. The van der Waals surface area contributed by atoms with Crippen molar-refractivity contribution in [1.82, 2.24) is 10.6 Å². The normalized spacial score (nSPS) is 16.6. The van der Waals surface area contributed by atoms with Crippen LogP contribution in [-0.2, 0) is 4.79 Å². The van der Waals surface area contributed by atoms with Gasteiger partial charge in [0.1, 0.15) is 0 Å². The molecule has 0 aromatic carbocycles. The number of carbonyl (C=O) groups excluding carboxylic acids is 1. The summed E-state index contributed by atoms with van der Waals surface area (Å²) in [6, 6.07) is 0.190. The Kier molecular flexibility index (Phi) is 7.39. The molecule has 0 aliphatic rings. The fraction of sp³-hybridized carbons (Fsp3) is 0.923. The lowest BCUT2D eigenvalue weighted by molar-refractivity contribution is -0.121. The molecule has 0 saturated heterocycles. The Balaban J connectivity index is 4.05. The van der Waals surface area contributed by atoms with Crippen molar-refractivity contribution in [2.24, 2.45) is 5.92 Å². The van der Waals surface area contributed by atoms with E-state index in [1.54, 1.807) is 0 Å². The van der Waals surface area contributed by atoms with E-state index >= 15 is 0 Å². The van der Waals surface area contributed by atoms with Crippen molar-refractivity contribution in [2.45, 2.75) is 59.0 Å². The van der Waals surface area contributed by atoms with Gasteiger partial charge in [-0.05, 0) is 32.6 Å². The molecule has 3 N–H and O–H groups in total. The van der Waals surface area contributed by atoms with Gasteiger partial charge < -0.3 is 15.7 Å². The Labute approximate surface area is 105 Å². The summed E-state index contributed by atoms with van der Waals surface area (Å²) >= 11 is 0. The fourth-order valence-electron chi connectivity index (χ4n) is 1.40. The maximum Gasteiger partial charge on any atom is 0.234 e. The Hall–Kier alpha value is -0.610. The molecule has 0 heterocycles. The summed E-state index contributed by atoms with van der Waals surface area (Å²) in [4.78, 5) is 11.7. The average Bonchev–Trinajstić information content (AvgIpc) is 2.26. The topological polar surface area (TPSA) is 61.4 Å². The maximum atomic E-state index is 11.7. The van der Waals surface area contributed by atoms with Crippen molar-refractivity contribution in [3.8, 4) is 0 Å². The SMILES string of the molecule is CCC(C)(CCO)NCC(=O)NC(C)C(C)C. The van der Waals surface area contributed by atoms with Crippen LogP contribution in [0.15, 0.2) is 0 Å². The number of aliphatic hydroxyl groups is 1. The van der Waals surface area contributed by atoms with Gasteiger partial charge in [-0.25, -0.2) is 0 Å². The molecule has 0 saturated carbocycles. The van der Waals surface area contributed by atoms with Gasteiger partial charge in [-0.15, -0.1) is 0 Å². The highest BCUT2D eigenvalue weighted by Gasteiger charge is 2.22. The fourth-order valence-corrected chi connectivity index (χ4v) is 1.40. The van der Waals surface area contributed by atoms with E-state index in [2.05, 4.69) is 31.4 Å². The first-order chi connectivity index (χ1) is 7.84. The molecule has 0 bridgehead atoms. The zero-order valence-corrected chi connectivity index (χ0v) is 11.8. The first-order valence-corrected chi connectivity index (χ1v) is 6.50. The number of amides is 1. The van der Waals surface area contributed by atoms with E-state index in [0.717, 1.165) is 6.42 Å². The molecule has 0 radical (unpaired) electrons. The quantitative estimate of drug-likeness (QED) is 0.603. The average molecular weight is 244 g/mol. The summed E-state index contributed by atoms with van der Waals surface area (Å²) in [6.45, 7) is 10.7. The number of rotatable bonds is 8. The summed E-state index contributed by atoms with van der Waals surface area (Å²) in [6.07, 6.45) is 1.55.